The number of hydrogen-bond acceptors (Lipinski definition) is 4. The van der Waals surface area contributed by atoms with Crippen LogP contribution in [0.25, 0.3) is 0 Å². The molecule has 0 fully saturated rings. The summed E-state index contributed by atoms with van der Waals surface area (Å²) in [5.41, 5.74) is 6.77. The second-order valence-electron chi connectivity index (χ2n) is 5.64. The summed E-state index contributed by atoms with van der Waals surface area (Å²) in [7, 11) is 1.65. The van der Waals surface area contributed by atoms with Crippen molar-refractivity contribution in [3.05, 3.63) is 29.3 Å². The molecule has 4 heteroatoms. The Balaban J connectivity index is 3.02. The maximum atomic E-state index is 10.00. The van der Waals surface area contributed by atoms with Gasteiger partial charge in [-0.25, -0.2) is 0 Å². The van der Waals surface area contributed by atoms with Crippen LogP contribution in [-0.2, 0) is 6.54 Å². The lowest BCUT2D eigenvalue weighted by Crippen LogP contribution is -2.38. The molecule has 1 aromatic rings. The molecule has 21 heavy (non-hydrogen) atoms. The molecule has 0 amide bonds. The molecule has 0 unspecified atom stereocenters. The summed E-state index contributed by atoms with van der Waals surface area (Å²) in [5.74, 6) is 6.80. The molecule has 116 valence electrons. The monoisotopic (exact) mass is 290 g/mol. The molecular weight excluding hydrogens is 264 g/mol. The molecular formula is C17H26N2O2. The van der Waals surface area contributed by atoms with E-state index in [-0.39, 0.29) is 0 Å². The van der Waals surface area contributed by atoms with Crippen molar-refractivity contribution in [3.63, 3.8) is 0 Å². The van der Waals surface area contributed by atoms with Crippen LogP contribution in [0.15, 0.2) is 18.2 Å². The van der Waals surface area contributed by atoms with E-state index in [1.54, 1.807) is 7.11 Å². The van der Waals surface area contributed by atoms with Crippen molar-refractivity contribution in [3.8, 4) is 17.6 Å². The molecule has 0 aliphatic heterocycles. The molecule has 0 spiro atoms. The Hall–Kier alpha value is -1.54. The van der Waals surface area contributed by atoms with Gasteiger partial charge in [0.05, 0.1) is 19.3 Å². The van der Waals surface area contributed by atoms with Gasteiger partial charge in [-0.3, -0.25) is 4.90 Å². The highest BCUT2D eigenvalue weighted by molar-refractivity contribution is 5.45. The Morgan fingerprint density at radius 1 is 1.38 bits per heavy atom. The highest BCUT2D eigenvalue weighted by atomic mass is 16.5. The Morgan fingerprint density at radius 3 is 2.62 bits per heavy atom. The summed E-state index contributed by atoms with van der Waals surface area (Å²) in [6.07, 6.45) is 0. The largest absolute Gasteiger partial charge is 0.497 e. The summed E-state index contributed by atoms with van der Waals surface area (Å²) in [4.78, 5) is 2.18. The van der Waals surface area contributed by atoms with Gasteiger partial charge in [0.25, 0.3) is 0 Å². The lowest BCUT2D eigenvalue weighted by atomic mass is 10.0. The zero-order valence-corrected chi connectivity index (χ0v) is 13.4. The summed E-state index contributed by atoms with van der Waals surface area (Å²) in [6, 6.07) is 5.85. The van der Waals surface area contributed by atoms with Gasteiger partial charge < -0.3 is 15.6 Å². The van der Waals surface area contributed by atoms with Crippen molar-refractivity contribution >= 4 is 0 Å². The van der Waals surface area contributed by atoms with Crippen LogP contribution in [0.5, 0.6) is 5.75 Å². The minimum atomic E-state index is -0.724. The third kappa shape index (κ3) is 6.17. The predicted octanol–water partition coefficient (Wildman–Crippen LogP) is 1.60. The van der Waals surface area contributed by atoms with Crippen molar-refractivity contribution in [2.75, 3.05) is 26.7 Å². The number of nitrogens with zero attached hydrogens (tertiary/aromatic N) is 1. The Labute approximate surface area is 127 Å². The topological polar surface area (TPSA) is 58.7 Å². The van der Waals surface area contributed by atoms with Gasteiger partial charge >= 0.3 is 0 Å². The van der Waals surface area contributed by atoms with E-state index in [1.807, 2.05) is 32.0 Å². The second-order valence-corrected chi connectivity index (χ2v) is 5.64. The van der Waals surface area contributed by atoms with E-state index in [1.165, 1.54) is 0 Å². The molecule has 4 nitrogen and oxygen atoms in total. The molecule has 0 heterocycles. The normalized spacial score (nSPS) is 11.2. The Bertz CT molecular complexity index is 510. The number of rotatable bonds is 6. The van der Waals surface area contributed by atoms with Crippen LogP contribution in [0, 0.1) is 11.8 Å². The maximum Gasteiger partial charge on any atom is 0.119 e. The van der Waals surface area contributed by atoms with E-state index >= 15 is 0 Å². The number of likely N-dealkylation sites (N-methyl/N-ethyl adjacent to an activating group) is 1. The quantitative estimate of drug-likeness (QED) is 0.781. The average molecular weight is 290 g/mol. The van der Waals surface area contributed by atoms with Crippen molar-refractivity contribution in [2.24, 2.45) is 5.73 Å². The molecule has 0 aromatic heterocycles. The van der Waals surface area contributed by atoms with Crippen molar-refractivity contribution in [2.45, 2.75) is 32.9 Å². The van der Waals surface area contributed by atoms with E-state index in [0.29, 0.717) is 19.6 Å². The van der Waals surface area contributed by atoms with E-state index in [4.69, 9.17) is 10.5 Å². The molecule has 0 atom stereocenters. The van der Waals surface area contributed by atoms with E-state index < -0.39 is 5.60 Å². The summed E-state index contributed by atoms with van der Waals surface area (Å²) in [6.45, 7) is 8.22. The molecule has 0 saturated carbocycles. The fraction of sp³-hybridized carbons (Fsp3) is 0.529. The SMILES string of the molecule is CCN(Cc1cc(OC)ccc1C#CCN)CC(C)(C)O. The molecule has 0 aliphatic rings. The van der Waals surface area contributed by atoms with Gasteiger partial charge in [-0.2, -0.15) is 0 Å². The summed E-state index contributed by atoms with van der Waals surface area (Å²) in [5, 5.41) is 10.00. The number of nitrogens with two attached hydrogens (primary N) is 1. The number of hydrogen-bond donors (Lipinski definition) is 2. The predicted molar refractivity (Wildman–Crippen MR) is 86.2 cm³/mol. The van der Waals surface area contributed by atoms with Gasteiger partial charge in [-0.15, -0.1) is 0 Å². The van der Waals surface area contributed by atoms with Gasteiger partial charge in [0.1, 0.15) is 5.75 Å². The van der Waals surface area contributed by atoms with Crippen molar-refractivity contribution < 1.29 is 9.84 Å². The fourth-order valence-electron chi connectivity index (χ4n) is 2.16. The third-order valence-electron chi connectivity index (χ3n) is 3.09. The van der Waals surface area contributed by atoms with Crippen molar-refractivity contribution in [1.82, 2.24) is 4.90 Å². The minimum absolute atomic E-state index is 0.340. The highest BCUT2D eigenvalue weighted by Gasteiger charge is 2.18. The van der Waals surface area contributed by atoms with Gasteiger partial charge in [0, 0.05) is 18.7 Å². The third-order valence-corrected chi connectivity index (χ3v) is 3.09. The zero-order chi connectivity index (χ0) is 15.9. The first-order valence-electron chi connectivity index (χ1n) is 7.20. The van der Waals surface area contributed by atoms with Crippen LogP contribution < -0.4 is 10.5 Å². The first-order chi connectivity index (χ1) is 9.89. The number of benzene rings is 1. The van der Waals surface area contributed by atoms with Gasteiger partial charge in [-0.1, -0.05) is 18.8 Å². The Morgan fingerprint density at radius 2 is 2.10 bits per heavy atom. The van der Waals surface area contributed by atoms with Crippen LogP contribution in [0.1, 0.15) is 31.9 Å². The van der Waals surface area contributed by atoms with Crippen LogP contribution in [-0.4, -0.2) is 42.4 Å². The fourth-order valence-corrected chi connectivity index (χ4v) is 2.16. The van der Waals surface area contributed by atoms with E-state index in [2.05, 4.69) is 23.7 Å². The molecule has 1 aromatic carbocycles. The molecule has 0 bridgehead atoms. The van der Waals surface area contributed by atoms with E-state index in [9.17, 15) is 5.11 Å². The number of aliphatic hydroxyl groups is 1. The van der Waals surface area contributed by atoms with Crippen LogP contribution in [0.2, 0.25) is 0 Å². The van der Waals surface area contributed by atoms with Gasteiger partial charge in [0.15, 0.2) is 0 Å². The lowest BCUT2D eigenvalue weighted by Gasteiger charge is -2.28. The molecule has 0 aliphatic carbocycles. The molecule has 0 saturated heterocycles. The number of methoxy groups -OCH3 is 1. The summed E-state index contributed by atoms with van der Waals surface area (Å²) >= 11 is 0. The highest BCUT2D eigenvalue weighted by Crippen LogP contribution is 2.19. The van der Waals surface area contributed by atoms with Crippen LogP contribution in [0.4, 0.5) is 0 Å². The summed E-state index contributed by atoms with van der Waals surface area (Å²) < 4.78 is 5.29. The van der Waals surface area contributed by atoms with Crippen LogP contribution in [0.3, 0.4) is 0 Å². The average Bonchev–Trinajstić information content (AvgIpc) is 2.43. The molecule has 3 N–H and O–H groups in total. The minimum Gasteiger partial charge on any atom is -0.497 e. The first kappa shape index (κ1) is 17.5. The maximum absolute atomic E-state index is 10.00. The zero-order valence-electron chi connectivity index (χ0n) is 13.4. The molecule has 1 rings (SSSR count). The van der Waals surface area contributed by atoms with Gasteiger partial charge in [0.2, 0.25) is 0 Å². The second kappa shape index (κ2) is 8.04. The van der Waals surface area contributed by atoms with Crippen molar-refractivity contribution in [1.29, 1.82) is 0 Å². The van der Waals surface area contributed by atoms with E-state index in [0.717, 1.165) is 23.4 Å². The van der Waals surface area contributed by atoms with Crippen LogP contribution >= 0.6 is 0 Å². The Kier molecular flexibility index (Phi) is 6.70. The number of ether oxygens (including phenoxy) is 1. The lowest BCUT2D eigenvalue weighted by molar-refractivity contribution is 0.0353. The smallest absolute Gasteiger partial charge is 0.119 e. The van der Waals surface area contributed by atoms with Gasteiger partial charge in [-0.05, 0) is 44.2 Å². The standard InChI is InChI=1S/C17H26N2O2/c1-5-19(13-17(2,3)20)12-15-11-16(21-4)9-8-14(15)7-6-10-18/h8-9,11,20H,5,10,12-13,18H2,1-4H3. The first-order valence-corrected chi connectivity index (χ1v) is 7.20. The molecule has 0 radical (unpaired) electrons.